The summed E-state index contributed by atoms with van der Waals surface area (Å²) in [6.07, 6.45) is 0. The maximum Gasteiger partial charge on any atom is 0.263 e. The molecule has 9 heteroatoms. The molecule has 0 radical (unpaired) electrons. The van der Waals surface area contributed by atoms with Crippen LogP contribution in [-0.2, 0) is 0 Å². The SMILES string of the molecule is CN(C)C(=O)c1cc2cc(-n3c(N)c4c(cc3=O)C(=O)NC4=O)ccc2s1. The number of rotatable bonds is 2. The number of carbonyl (C=O) groups is 3. The molecule has 3 aromatic rings. The highest BCUT2D eigenvalue weighted by Crippen LogP contribution is 2.29. The number of nitrogens with zero attached hydrogens (tertiary/aromatic N) is 2. The van der Waals surface area contributed by atoms with Crippen molar-refractivity contribution in [3.63, 3.8) is 0 Å². The molecule has 0 spiro atoms. The van der Waals surface area contributed by atoms with E-state index < -0.39 is 17.4 Å². The molecule has 0 fully saturated rings. The molecule has 0 atom stereocenters. The van der Waals surface area contributed by atoms with Crippen LogP contribution in [0.5, 0.6) is 0 Å². The molecule has 0 unspecified atom stereocenters. The van der Waals surface area contributed by atoms with Crippen molar-refractivity contribution < 1.29 is 14.4 Å². The van der Waals surface area contributed by atoms with Gasteiger partial charge in [-0.2, -0.15) is 0 Å². The number of nitrogen functional groups attached to an aromatic ring is 1. The van der Waals surface area contributed by atoms with Gasteiger partial charge in [-0.25, -0.2) is 0 Å². The number of aromatic nitrogens is 1. The van der Waals surface area contributed by atoms with E-state index in [0.29, 0.717) is 10.6 Å². The average molecular weight is 382 g/mol. The van der Waals surface area contributed by atoms with E-state index in [1.54, 1.807) is 38.4 Å². The zero-order valence-electron chi connectivity index (χ0n) is 14.4. The number of nitrogens with one attached hydrogen (secondary N) is 1. The van der Waals surface area contributed by atoms with Crippen LogP contribution in [0.4, 0.5) is 5.82 Å². The highest BCUT2D eigenvalue weighted by atomic mass is 32.1. The minimum atomic E-state index is -0.633. The van der Waals surface area contributed by atoms with Gasteiger partial charge in [0.2, 0.25) is 0 Å². The van der Waals surface area contributed by atoms with Gasteiger partial charge in [0.25, 0.3) is 23.3 Å². The van der Waals surface area contributed by atoms with Crippen LogP contribution in [0.25, 0.3) is 15.8 Å². The minimum Gasteiger partial charge on any atom is -0.384 e. The van der Waals surface area contributed by atoms with E-state index in [4.69, 9.17) is 5.73 Å². The van der Waals surface area contributed by atoms with Gasteiger partial charge >= 0.3 is 0 Å². The smallest absolute Gasteiger partial charge is 0.263 e. The molecule has 136 valence electrons. The molecule has 0 bridgehead atoms. The Bertz CT molecular complexity index is 1220. The van der Waals surface area contributed by atoms with E-state index in [-0.39, 0.29) is 22.9 Å². The van der Waals surface area contributed by atoms with Crippen LogP contribution in [0.15, 0.2) is 35.1 Å². The number of benzene rings is 1. The van der Waals surface area contributed by atoms with Crippen LogP contribution in [-0.4, -0.2) is 41.3 Å². The van der Waals surface area contributed by atoms with Gasteiger partial charge in [-0.15, -0.1) is 11.3 Å². The van der Waals surface area contributed by atoms with E-state index in [2.05, 4.69) is 5.32 Å². The Morgan fingerprint density at radius 2 is 1.85 bits per heavy atom. The summed E-state index contributed by atoms with van der Waals surface area (Å²) in [6, 6.07) is 8.03. The number of fused-ring (bicyclic) bond motifs is 2. The Morgan fingerprint density at radius 1 is 1.11 bits per heavy atom. The monoisotopic (exact) mass is 382 g/mol. The summed E-state index contributed by atoms with van der Waals surface area (Å²) >= 11 is 1.35. The Hall–Kier alpha value is -3.46. The topological polar surface area (TPSA) is 114 Å². The summed E-state index contributed by atoms with van der Waals surface area (Å²) in [7, 11) is 3.35. The third-order valence-corrected chi connectivity index (χ3v) is 5.43. The van der Waals surface area contributed by atoms with E-state index in [0.717, 1.165) is 16.2 Å². The first-order valence-corrected chi connectivity index (χ1v) is 8.76. The molecule has 3 heterocycles. The summed E-state index contributed by atoms with van der Waals surface area (Å²) < 4.78 is 2.06. The van der Waals surface area contributed by atoms with Gasteiger partial charge in [0.1, 0.15) is 5.82 Å². The molecular weight excluding hydrogens is 368 g/mol. The van der Waals surface area contributed by atoms with Crippen LogP contribution < -0.4 is 16.6 Å². The fourth-order valence-electron chi connectivity index (χ4n) is 3.04. The van der Waals surface area contributed by atoms with Crippen molar-refractivity contribution in [3.8, 4) is 5.69 Å². The lowest BCUT2D eigenvalue weighted by Crippen LogP contribution is -2.24. The number of amides is 3. The van der Waals surface area contributed by atoms with Crippen molar-refractivity contribution in [2.75, 3.05) is 19.8 Å². The van der Waals surface area contributed by atoms with Gasteiger partial charge in [-0.1, -0.05) is 0 Å². The number of hydrogen-bond acceptors (Lipinski definition) is 6. The first-order valence-electron chi connectivity index (χ1n) is 7.95. The van der Waals surface area contributed by atoms with Crippen LogP contribution in [0, 0.1) is 0 Å². The second-order valence-corrected chi connectivity index (χ2v) is 7.39. The minimum absolute atomic E-state index is 0.00603. The van der Waals surface area contributed by atoms with Gasteiger partial charge in [0, 0.05) is 24.9 Å². The molecule has 1 aliphatic heterocycles. The van der Waals surface area contributed by atoms with Crippen LogP contribution >= 0.6 is 11.3 Å². The van der Waals surface area contributed by atoms with Crippen molar-refractivity contribution in [3.05, 3.63) is 56.7 Å². The highest BCUT2D eigenvalue weighted by Gasteiger charge is 2.31. The second kappa shape index (κ2) is 5.78. The first kappa shape index (κ1) is 17.0. The molecule has 0 saturated heterocycles. The maximum absolute atomic E-state index is 12.5. The van der Waals surface area contributed by atoms with Crippen molar-refractivity contribution in [1.82, 2.24) is 14.8 Å². The van der Waals surface area contributed by atoms with Gasteiger partial charge in [0.05, 0.1) is 21.7 Å². The Labute approximate surface area is 156 Å². The summed E-state index contributed by atoms with van der Waals surface area (Å²) in [6.45, 7) is 0. The maximum atomic E-state index is 12.5. The number of carbonyl (C=O) groups excluding carboxylic acids is 3. The molecule has 0 aliphatic carbocycles. The average Bonchev–Trinajstić information content (AvgIpc) is 3.14. The van der Waals surface area contributed by atoms with Crippen molar-refractivity contribution >= 4 is 45.0 Å². The molecule has 3 amide bonds. The van der Waals surface area contributed by atoms with Gasteiger partial charge in [0.15, 0.2) is 0 Å². The fourth-order valence-corrected chi connectivity index (χ4v) is 4.11. The van der Waals surface area contributed by atoms with E-state index >= 15 is 0 Å². The number of imide groups is 1. The van der Waals surface area contributed by atoms with E-state index in [9.17, 15) is 19.2 Å². The van der Waals surface area contributed by atoms with Crippen LogP contribution in [0.2, 0.25) is 0 Å². The highest BCUT2D eigenvalue weighted by molar-refractivity contribution is 7.20. The molecule has 27 heavy (non-hydrogen) atoms. The van der Waals surface area contributed by atoms with E-state index in [1.165, 1.54) is 20.8 Å². The summed E-state index contributed by atoms with van der Waals surface area (Å²) in [5, 5.41) is 2.91. The van der Waals surface area contributed by atoms with Gasteiger partial charge in [-0.05, 0) is 29.7 Å². The lowest BCUT2D eigenvalue weighted by atomic mass is 10.1. The third kappa shape index (κ3) is 2.51. The van der Waals surface area contributed by atoms with Gasteiger partial charge < -0.3 is 10.6 Å². The summed E-state index contributed by atoms with van der Waals surface area (Å²) in [5.41, 5.74) is 5.95. The van der Waals surface area contributed by atoms with Crippen molar-refractivity contribution in [2.24, 2.45) is 0 Å². The fraction of sp³-hybridized carbons (Fsp3) is 0.111. The van der Waals surface area contributed by atoms with E-state index in [1.807, 2.05) is 0 Å². The predicted molar refractivity (Wildman–Crippen MR) is 102 cm³/mol. The number of thiophene rings is 1. The van der Waals surface area contributed by atoms with Crippen LogP contribution in [0.3, 0.4) is 0 Å². The standard InChI is InChI=1S/C18H14N4O4S/c1-21(2)18(26)12-6-8-5-9(3-4-11(8)27-12)22-13(23)7-10-14(15(22)19)17(25)20-16(10)24/h3-7H,19H2,1-2H3,(H,20,24,25). The van der Waals surface area contributed by atoms with Crippen molar-refractivity contribution in [1.29, 1.82) is 0 Å². The molecule has 1 aliphatic rings. The lowest BCUT2D eigenvalue weighted by molar-refractivity contribution is 0.0830. The first-order chi connectivity index (χ1) is 12.8. The quantitative estimate of drug-likeness (QED) is 0.647. The molecule has 8 nitrogen and oxygen atoms in total. The summed E-state index contributed by atoms with van der Waals surface area (Å²) in [5.74, 6) is -1.47. The Balaban J connectivity index is 1.90. The Kier molecular flexibility index (Phi) is 3.63. The molecule has 4 rings (SSSR count). The molecular formula is C18H14N4O4S. The molecule has 2 aromatic heterocycles. The second-order valence-electron chi connectivity index (χ2n) is 6.31. The third-order valence-electron chi connectivity index (χ3n) is 4.33. The molecule has 0 saturated carbocycles. The zero-order chi connectivity index (χ0) is 19.5. The number of hydrogen-bond donors (Lipinski definition) is 2. The summed E-state index contributed by atoms with van der Waals surface area (Å²) in [4.78, 5) is 50.5. The molecule has 1 aromatic carbocycles. The Morgan fingerprint density at radius 3 is 2.56 bits per heavy atom. The largest absolute Gasteiger partial charge is 0.384 e. The van der Waals surface area contributed by atoms with Gasteiger partial charge in [-0.3, -0.25) is 29.1 Å². The lowest BCUT2D eigenvalue weighted by Gasteiger charge is -2.11. The number of nitrogens with two attached hydrogens (primary N) is 1. The number of pyridine rings is 1. The van der Waals surface area contributed by atoms with Crippen molar-refractivity contribution in [2.45, 2.75) is 0 Å². The number of anilines is 1. The van der Waals surface area contributed by atoms with Crippen LogP contribution in [0.1, 0.15) is 30.4 Å². The predicted octanol–water partition coefficient (Wildman–Crippen LogP) is 1.22. The normalized spacial score (nSPS) is 13.0. The molecule has 3 N–H and O–H groups in total. The zero-order valence-corrected chi connectivity index (χ0v) is 15.2.